The van der Waals surface area contributed by atoms with Gasteiger partial charge in [-0.2, -0.15) is 0 Å². The Morgan fingerprint density at radius 2 is 2.35 bits per heavy atom. The van der Waals surface area contributed by atoms with Crippen molar-refractivity contribution in [3.63, 3.8) is 0 Å². The summed E-state index contributed by atoms with van der Waals surface area (Å²) in [6, 6.07) is 7.37. The number of furan rings is 1. The normalized spacial score (nSPS) is 10.6. The van der Waals surface area contributed by atoms with Crippen molar-refractivity contribution in [2.45, 2.75) is 6.42 Å². The number of aromatic amines is 1. The van der Waals surface area contributed by atoms with Gasteiger partial charge < -0.3 is 14.7 Å². The molecule has 3 aromatic heterocycles. The van der Waals surface area contributed by atoms with Gasteiger partial charge in [-0.05, 0) is 23.6 Å². The maximum Gasteiger partial charge on any atom is 0.261 e. The highest BCUT2D eigenvalue weighted by atomic mass is 32.1. The summed E-state index contributed by atoms with van der Waals surface area (Å²) >= 11 is 1.43. The van der Waals surface area contributed by atoms with E-state index in [9.17, 15) is 4.79 Å². The monoisotopic (exact) mass is 287 g/mol. The maximum atomic E-state index is 11.7. The van der Waals surface area contributed by atoms with Gasteiger partial charge in [-0.1, -0.05) is 6.07 Å². The first-order valence-corrected chi connectivity index (χ1v) is 7.10. The van der Waals surface area contributed by atoms with Crippen LogP contribution in [0.15, 0.2) is 46.5 Å². The van der Waals surface area contributed by atoms with E-state index >= 15 is 0 Å². The van der Waals surface area contributed by atoms with Crippen molar-refractivity contribution in [2.75, 3.05) is 6.54 Å². The molecule has 3 rings (SSSR count). The largest absolute Gasteiger partial charge is 0.463 e. The fraction of sp³-hybridized carbons (Fsp3) is 0.143. The van der Waals surface area contributed by atoms with Crippen molar-refractivity contribution < 1.29 is 9.21 Å². The third-order valence-electron chi connectivity index (χ3n) is 2.81. The molecule has 0 saturated carbocycles. The van der Waals surface area contributed by atoms with E-state index in [1.165, 1.54) is 11.3 Å². The molecule has 0 fully saturated rings. The van der Waals surface area contributed by atoms with Gasteiger partial charge in [-0.15, -0.1) is 11.3 Å². The zero-order chi connectivity index (χ0) is 13.8. The topological polar surface area (TPSA) is 70.9 Å². The number of nitrogens with zero attached hydrogens (tertiary/aromatic N) is 1. The van der Waals surface area contributed by atoms with Gasteiger partial charge in [-0.25, -0.2) is 4.98 Å². The lowest BCUT2D eigenvalue weighted by atomic mass is 10.3. The Bertz CT molecular complexity index is 671. The molecule has 102 valence electrons. The summed E-state index contributed by atoms with van der Waals surface area (Å²) < 4.78 is 5.28. The smallest absolute Gasteiger partial charge is 0.261 e. The van der Waals surface area contributed by atoms with E-state index in [2.05, 4.69) is 15.3 Å². The van der Waals surface area contributed by atoms with Crippen LogP contribution in [-0.4, -0.2) is 22.4 Å². The van der Waals surface area contributed by atoms with Crippen LogP contribution in [-0.2, 0) is 6.42 Å². The second kappa shape index (κ2) is 5.75. The van der Waals surface area contributed by atoms with Crippen molar-refractivity contribution in [1.82, 2.24) is 15.3 Å². The third-order valence-corrected chi connectivity index (χ3v) is 3.68. The van der Waals surface area contributed by atoms with Crippen molar-refractivity contribution in [1.29, 1.82) is 0 Å². The minimum Gasteiger partial charge on any atom is -0.463 e. The Morgan fingerprint density at radius 1 is 1.40 bits per heavy atom. The third kappa shape index (κ3) is 2.80. The van der Waals surface area contributed by atoms with Gasteiger partial charge in [0.25, 0.3) is 5.91 Å². The maximum absolute atomic E-state index is 11.7. The molecule has 0 spiro atoms. The summed E-state index contributed by atoms with van der Waals surface area (Å²) in [7, 11) is 0. The highest BCUT2D eigenvalue weighted by molar-refractivity contribution is 7.12. The van der Waals surface area contributed by atoms with Gasteiger partial charge in [0.15, 0.2) is 5.76 Å². The van der Waals surface area contributed by atoms with Crippen LogP contribution in [0, 0.1) is 0 Å². The highest BCUT2D eigenvalue weighted by Gasteiger charge is 2.07. The van der Waals surface area contributed by atoms with Crippen LogP contribution in [0.25, 0.3) is 11.5 Å². The summed E-state index contributed by atoms with van der Waals surface area (Å²) in [6.45, 7) is 0.543. The average molecular weight is 287 g/mol. The Kier molecular flexibility index (Phi) is 3.64. The van der Waals surface area contributed by atoms with Gasteiger partial charge in [0, 0.05) is 13.0 Å². The van der Waals surface area contributed by atoms with E-state index in [1.807, 2.05) is 29.6 Å². The molecule has 0 aliphatic carbocycles. The molecule has 5 nitrogen and oxygen atoms in total. The van der Waals surface area contributed by atoms with Crippen molar-refractivity contribution in [3.8, 4) is 11.5 Å². The second-order valence-electron chi connectivity index (χ2n) is 4.20. The zero-order valence-corrected chi connectivity index (χ0v) is 11.4. The molecule has 0 atom stereocenters. The Balaban J connectivity index is 1.53. The van der Waals surface area contributed by atoms with Crippen molar-refractivity contribution in [2.24, 2.45) is 0 Å². The predicted octanol–water partition coefficient (Wildman–Crippen LogP) is 2.70. The van der Waals surface area contributed by atoms with Crippen LogP contribution in [0.4, 0.5) is 0 Å². The molecule has 6 heteroatoms. The Hall–Kier alpha value is -2.34. The number of carbonyl (C=O) groups is 1. The van der Waals surface area contributed by atoms with Gasteiger partial charge in [0.05, 0.1) is 17.3 Å². The van der Waals surface area contributed by atoms with Crippen LogP contribution in [0.5, 0.6) is 0 Å². The standard InChI is InChI=1S/C14H13N3O2S/c18-14(12-4-2-8-20-12)15-6-5-13-16-9-10(17-13)11-3-1-7-19-11/h1-4,7-9H,5-6H2,(H,15,18)(H,16,17). The summed E-state index contributed by atoms with van der Waals surface area (Å²) in [5.74, 6) is 1.53. The van der Waals surface area contributed by atoms with Crippen LogP contribution < -0.4 is 5.32 Å². The number of H-pyrrole nitrogens is 1. The van der Waals surface area contributed by atoms with Gasteiger partial charge in [0.2, 0.25) is 0 Å². The number of imidazole rings is 1. The lowest BCUT2D eigenvalue weighted by Gasteiger charge is -2.01. The average Bonchev–Trinajstić information content (AvgIpc) is 3.20. The quantitative estimate of drug-likeness (QED) is 0.758. The minimum absolute atomic E-state index is 0.0437. The first-order chi connectivity index (χ1) is 9.83. The van der Waals surface area contributed by atoms with E-state index < -0.39 is 0 Å². The number of nitrogens with one attached hydrogen (secondary N) is 2. The van der Waals surface area contributed by atoms with E-state index in [0.29, 0.717) is 13.0 Å². The first kappa shape index (κ1) is 12.7. The number of hydrogen-bond donors (Lipinski definition) is 2. The summed E-state index contributed by atoms with van der Waals surface area (Å²) in [5.41, 5.74) is 0.842. The second-order valence-corrected chi connectivity index (χ2v) is 5.15. The van der Waals surface area contributed by atoms with Gasteiger partial charge in [-0.3, -0.25) is 4.79 Å². The van der Waals surface area contributed by atoms with Crippen LogP contribution in [0.3, 0.4) is 0 Å². The number of aromatic nitrogens is 2. The Labute approximate surface area is 119 Å². The molecule has 2 N–H and O–H groups in total. The minimum atomic E-state index is -0.0437. The summed E-state index contributed by atoms with van der Waals surface area (Å²) in [4.78, 5) is 19.9. The predicted molar refractivity (Wildman–Crippen MR) is 76.6 cm³/mol. The molecule has 3 aromatic rings. The van der Waals surface area contributed by atoms with E-state index in [-0.39, 0.29) is 5.91 Å². The molecular weight excluding hydrogens is 274 g/mol. The lowest BCUT2D eigenvalue weighted by Crippen LogP contribution is -2.25. The van der Waals surface area contributed by atoms with Crippen molar-refractivity contribution in [3.05, 3.63) is 52.8 Å². The number of rotatable bonds is 5. The number of hydrogen-bond acceptors (Lipinski definition) is 4. The molecule has 0 aliphatic heterocycles. The van der Waals surface area contributed by atoms with E-state index in [0.717, 1.165) is 22.2 Å². The molecule has 20 heavy (non-hydrogen) atoms. The van der Waals surface area contributed by atoms with Gasteiger partial charge in [0.1, 0.15) is 11.5 Å². The fourth-order valence-electron chi connectivity index (χ4n) is 1.84. The van der Waals surface area contributed by atoms with Crippen LogP contribution in [0.1, 0.15) is 15.5 Å². The van der Waals surface area contributed by atoms with E-state index in [4.69, 9.17) is 4.42 Å². The molecule has 0 saturated heterocycles. The number of carbonyl (C=O) groups excluding carboxylic acids is 1. The highest BCUT2D eigenvalue weighted by Crippen LogP contribution is 2.17. The van der Waals surface area contributed by atoms with Crippen LogP contribution in [0.2, 0.25) is 0 Å². The molecule has 0 aliphatic rings. The SMILES string of the molecule is O=C(NCCc1ncc(-c2ccco2)[nH]1)c1cccs1. The first-order valence-electron chi connectivity index (χ1n) is 6.22. The molecule has 0 radical (unpaired) electrons. The zero-order valence-electron chi connectivity index (χ0n) is 10.6. The molecule has 1 amide bonds. The Morgan fingerprint density at radius 3 is 3.10 bits per heavy atom. The molecule has 0 bridgehead atoms. The molecule has 3 heterocycles. The summed E-state index contributed by atoms with van der Waals surface area (Å²) in [6.07, 6.45) is 4.00. The van der Waals surface area contributed by atoms with E-state index in [1.54, 1.807) is 12.5 Å². The van der Waals surface area contributed by atoms with Gasteiger partial charge >= 0.3 is 0 Å². The molecular formula is C14H13N3O2S. The molecule has 0 unspecified atom stereocenters. The summed E-state index contributed by atoms with van der Waals surface area (Å²) in [5, 5.41) is 4.75. The van der Waals surface area contributed by atoms with Crippen molar-refractivity contribution >= 4 is 17.2 Å². The number of amides is 1. The lowest BCUT2D eigenvalue weighted by molar-refractivity contribution is 0.0958. The number of thiophene rings is 1. The van der Waals surface area contributed by atoms with Crippen LogP contribution >= 0.6 is 11.3 Å². The fourth-order valence-corrected chi connectivity index (χ4v) is 2.48. The molecule has 0 aromatic carbocycles.